The third kappa shape index (κ3) is 10.4. The molecule has 3 heteroatoms. The summed E-state index contributed by atoms with van der Waals surface area (Å²) in [5.74, 6) is 0.767. The highest BCUT2D eigenvalue weighted by Gasteiger charge is 2.16. The van der Waals surface area contributed by atoms with Crippen LogP contribution >= 0.6 is 0 Å². The molecule has 0 amide bonds. The highest BCUT2D eigenvalue weighted by Crippen LogP contribution is 2.11. The molecule has 0 bridgehead atoms. The number of aliphatic hydroxyl groups is 1. The maximum absolute atomic E-state index is 9.66. The molecule has 0 saturated carbocycles. The number of ether oxygens (including phenoxy) is 1. The molecule has 1 unspecified atom stereocenters. The van der Waals surface area contributed by atoms with Crippen LogP contribution in [0.1, 0.15) is 52.9 Å². The van der Waals surface area contributed by atoms with Crippen molar-refractivity contribution in [2.45, 2.75) is 58.5 Å². The Kier molecular flexibility index (Phi) is 8.90. The molecular weight excluding hydrogens is 202 g/mol. The maximum atomic E-state index is 9.66. The van der Waals surface area contributed by atoms with E-state index in [1.807, 2.05) is 0 Å². The van der Waals surface area contributed by atoms with Crippen LogP contribution in [0, 0.1) is 5.92 Å². The van der Waals surface area contributed by atoms with Crippen LogP contribution in [0.25, 0.3) is 0 Å². The quantitative estimate of drug-likeness (QED) is 0.567. The van der Waals surface area contributed by atoms with Crippen molar-refractivity contribution < 1.29 is 9.84 Å². The van der Waals surface area contributed by atoms with E-state index < -0.39 is 5.60 Å². The van der Waals surface area contributed by atoms with Crippen molar-refractivity contribution in [2.24, 2.45) is 11.7 Å². The Hall–Kier alpha value is -0.120. The number of unbranched alkanes of at least 4 members (excludes halogenated alkanes) is 1. The second-order valence-corrected chi connectivity index (χ2v) is 5.31. The monoisotopic (exact) mass is 231 g/mol. The summed E-state index contributed by atoms with van der Waals surface area (Å²) in [6, 6.07) is 0. The van der Waals surface area contributed by atoms with E-state index in [0.717, 1.165) is 44.8 Å². The van der Waals surface area contributed by atoms with E-state index in [4.69, 9.17) is 10.5 Å². The molecular formula is C13H29NO2. The molecule has 0 heterocycles. The molecule has 1 atom stereocenters. The zero-order valence-electron chi connectivity index (χ0n) is 11.2. The zero-order valence-corrected chi connectivity index (χ0v) is 11.2. The average Bonchev–Trinajstić information content (AvgIpc) is 2.21. The fourth-order valence-electron chi connectivity index (χ4n) is 1.51. The Balaban J connectivity index is 3.16. The maximum Gasteiger partial charge on any atom is 0.0741 e. The first-order valence-corrected chi connectivity index (χ1v) is 6.48. The first-order chi connectivity index (χ1) is 7.48. The van der Waals surface area contributed by atoms with E-state index in [0.29, 0.717) is 6.54 Å². The molecule has 0 aliphatic rings. The van der Waals surface area contributed by atoms with E-state index in [9.17, 15) is 5.11 Å². The molecule has 0 aromatic heterocycles. The van der Waals surface area contributed by atoms with Crippen LogP contribution < -0.4 is 5.73 Å². The Labute approximate surface area is 100 Å². The second kappa shape index (κ2) is 8.97. The predicted octanol–water partition coefficient (Wildman–Crippen LogP) is 2.32. The summed E-state index contributed by atoms with van der Waals surface area (Å²) >= 11 is 0. The van der Waals surface area contributed by atoms with Crippen molar-refractivity contribution in [3.05, 3.63) is 0 Å². The topological polar surface area (TPSA) is 55.5 Å². The van der Waals surface area contributed by atoms with Crippen LogP contribution in [-0.2, 0) is 4.74 Å². The van der Waals surface area contributed by atoms with Crippen molar-refractivity contribution >= 4 is 0 Å². The van der Waals surface area contributed by atoms with Crippen LogP contribution in [0.3, 0.4) is 0 Å². The third-order valence-electron chi connectivity index (χ3n) is 2.76. The summed E-state index contributed by atoms with van der Waals surface area (Å²) in [6.07, 6.45) is 5.14. The molecule has 0 radical (unpaired) electrons. The number of nitrogens with two attached hydrogens (primary N) is 1. The molecule has 0 fully saturated rings. The highest BCUT2D eigenvalue weighted by molar-refractivity contribution is 4.72. The Morgan fingerprint density at radius 2 is 1.81 bits per heavy atom. The standard InChI is InChI=1S/C13H29NO2/c1-12(2)7-6-10-16-9-5-4-8-13(3,15)11-14/h12,15H,4-11,14H2,1-3H3. The molecule has 3 N–H and O–H groups in total. The zero-order chi connectivity index (χ0) is 12.4. The summed E-state index contributed by atoms with van der Waals surface area (Å²) in [4.78, 5) is 0. The molecule has 0 aliphatic carbocycles. The molecule has 16 heavy (non-hydrogen) atoms. The molecule has 0 aromatic carbocycles. The van der Waals surface area contributed by atoms with Gasteiger partial charge in [-0.1, -0.05) is 13.8 Å². The van der Waals surface area contributed by atoms with Crippen molar-refractivity contribution in [3.8, 4) is 0 Å². The summed E-state index contributed by atoms with van der Waals surface area (Å²) in [7, 11) is 0. The van der Waals surface area contributed by atoms with Crippen molar-refractivity contribution in [2.75, 3.05) is 19.8 Å². The molecule has 0 rings (SSSR count). The molecule has 98 valence electrons. The van der Waals surface area contributed by atoms with Gasteiger partial charge in [-0.05, 0) is 44.9 Å². The lowest BCUT2D eigenvalue weighted by Crippen LogP contribution is -2.33. The van der Waals surface area contributed by atoms with Crippen molar-refractivity contribution in [1.82, 2.24) is 0 Å². The van der Waals surface area contributed by atoms with Gasteiger partial charge in [-0.25, -0.2) is 0 Å². The van der Waals surface area contributed by atoms with Gasteiger partial charge in [0.25, 0.3) is 0 Å². The van der Waals surface area contributed by atoms with Crippen LogP contribution in [0.4, 0.5) is 0 Å². The Morgan fingerprint density at radius 1 is 1.19 bits per heavy atom. The van der Waals surface area contributed by atoms with E-state index in [-0.39, 0.29) is 0 Å². The van der Waals surface area contributed by atoms with Crippen molar-refractivity contribution in [1.29, 1.82) is 0 Å². The van der Waals surface area contributed by atoms with Gasteiger partial charge in [-0.3, -0.25) is 0 Å². The van der Waals surface area contributed by atoms with Gasteiger partial charge in [-0.15, -0.1) is 0 Å². The largest absolute Gasteiger partial charge is 0.389 e. The summed E-state index contributed by atoms with van der Waals surface area (Å²) in [6.45, 7) is 8.26. The van der Waals surface area contributed by atoms with Gasteiger partial charge in [0.05, 0.1) is 5.60 Å². The summed E-state index contributed by atoms with van der Waals surface area (Å²) in [5, 5.41) is 9.66. The fraction of sp³-hybridized carbons (Fsp3) is 1.00. The van der Waals surface area contributed by atoms with Crippen LogP contribution in [0.2, 0.25) is 0 Å². The predicted molar refractivity (Wildman–Crippen MR) is 68.4 cm³/mol. The van der Waals surface area contributed by atoms with E-state index >= 15 is 0 Å². The van der Waals surface area contributed by atoms with Gasteiger partial charge < -0.3 is 15.6 Å². The lowest BCUT2D eigenvalue weighted by atomic mass is 10.00. The van der Waals surface area contributed by atoms with Gasteiger partial charge in [0.2, 0.25) is 0 Å². The van der Waals surface area contributed by atoms with E-state index in [1.54, 1.807) is 6.92 Å². The lowest BCUT2D eigenvalue weighted by molar-refractivity contribution is 0.0526. The lowest BCUT2D eigenvalue weighted by Gasteiger charge is -2.20. The highest BCUT2D eigenvalue weighted by atomic mass is 16.5. The summed E-state index contributed by atoms with van der Waals surface area (Å²) in [5.41, 5.74) is 4.74. The smallest absolute Gasteiger partial charge is 0.0741 e. The van der Waals surface area contributed by atoms with Gasteiger partial charge in [-0.2, -0.15) is 0 Å². The Bertz CT molecular complexity index is 158. The average molecular weight is 231 g/mol. The van der Waals surface area contributed by atoms with Gasteiger partial charge in [0.1, 0.15) is 0 Å². The van der Waals surface area contributed by atoms with Crippen LogP contribution in [0.5, 0.6) is 0 Å². The van der Waals surface area contributed by atoms with Gasteiger partial charge in [0.15, 0.2) is 0 Å². The van der Waals surface area contributed by atoms with Crippen molar-refractivity contribution in [3.63, 3.8) is 0 Å². The molecule has 0 saturated heterocycles. The minimum absolute atomic E-state index is 0.336. The Morgan fingerprint density at radius 3 is 2.38 bits per heavy atom. The van der Waals surface area contributed by atoms with E-state index in [1.165, 1.54) is 6.42 Å². The first-order valence-electron chi connectivity index (χ1n) is 6.48. The minimum Gasteiger partial charge on any atom is -0.389 e. The second-order valence-electron chi connectivity index (χ2n) is 5.31. The molecule has 0 aromatic rings. The third-order valence-corrected chi connectivity index (χ3v) is 2.76. The number of hydrogen-bond acceptors (Lipinski definition) is 3. The number of rotatable bonds is 10. The molecule has 3 nitrogen and oxygen atoms in total. The van der Waals surface area contributed by atoms with Crippen LogP contribution in [-0.4, -0.2) is 30.5 Å². The normalized spacial score (nSPS) is 15.4. The van der Waals surface area contributed by atoms with Crippen LogP contribution in [0.15, 0.2) is 0 Å². The van der Waals surface area contributed by atoms with E-state index in [2.05, 4.69) is 13.8 Å². The fourth-order valence-corrected chi connectivity index (χ4v) is 1.51. The first kappa shape index (κ1) is 15.9. The molecule has 0 spiro atoms. The summed E-state index contributed by atoms with van der Waals surface area (Å²) < 4.78 is 5.52. The SMILES string of the molecule is CC(C)CCCOCCCCC(C)(O)CN. The molecule has 0 aliphatic heterocycles. The minimum atomic E-state index is -0.697. The van der Waals surface area contributed by atoms with Gasteiger partial charge >= 0.3 is 0 Å². The number of hydrogen-bond donors (Lipinski definition) is 2. The van der Waals surface area contributed by atoms with Gasteiger partial charge in [0, 0.05) is 19.8 Å².